The highest BCUT2D eigenvalue weighted by Crippen LogP contribution is 2.45. The van der Waals surface area contributed by atoms with Crippen LogP contribution in [0, 0.1) is 26.2 Å². The number of imidazole rings is 1. The highest BCUT2D eigenvalue weighted by molar-refractivity contribution is 7.80. The molecule has 0 aliphatic carbocycles. The predicted octanol–water partition coefficient (Wildman–Crippen LogP) is 26.5. The zero-order valence-electron chi connectivity index (χ0n) is 81.5. The molecule has 4 aliphatic heterocycles. The molecule has 25 nitrogen and oxygen atoms in total. The van der Waals surface area contributed by atoms with Gasteiger partial charge in [-0.2, -0.15) is 10.2 Å². The monoisotopic (exact) mass is 1940 g/mol. The number of aromatic amines is 4. The number of pyridine rings is 9. The van der Waals surface area contributed by atoms with Crippen molar-refractivity contribution >= 4 is 112 Å². The van der Waals surface area contributed by atoms with Gasteiger partial charge in [0.2, 0.25) is 13.6 Å². The molecule has 4 aliphatic rings. The molecule has 0 radical (unpaired) electrons. The summed E-state index contributed by atoms with van der Waals surface area (Å²) in [5.74, 6) is 3.76. The Bertz CT molecular complexity index is 8700. The summed E-state index contributed by atoms with van der Waals surface area (Å²) in [6, 6.07) is 104. The lowest BCUT2D eigenvalue weighted by atomic mass is 9.86. The van der Waals surface area contributed by atoms with E-state index in [1.807, 2.05) is 276 Å². The van der Waals surface area contributed by atoms with Crippen molar-refractivity contribution in [1.29, 1.82) is 0 Å². The van der Waals surface area contributed by atoms with E-state index in [0.29, 0.717) is 28.8 Å². The molecule has 0 bridgehead atoms. The predicted molar refractivity (Wildman–Crippen MR) is 588 cm³/mol. The number of benzene rings is 8. The second-order valence-electron chi connectivity index (χ2n) is 36.3. The Kier molecular flexibility index (Phi) is 27.3. The molecule has 8 aromatic carbocycles. The minimum absolute atomic E-state index is 0.0210. The smallest absolute Gasteiger partial charge is 0.231 e. The fourth-order valence-corrected chi connectivity index (χ4v) is 18.2. The summed E-state index contributed by atoms with van der Waals surface area (Å²) in [5.41, 5.74) is 34.2. The number of nitrogens with zero attached hydrogens (tertiary/aromatic N) is 15. The van der Waals surface area contributed by atoms with Crippen LogP contribution in [-0.2, 0) is 6.42 Å². The minimum atomic E-state index is 0.0210. The van der Waals surface area contributed by atoms with Crippen molar-refractivity contribution < 1.29 is 23.7 Å². The van der Waals surface area contributed by atoms with E-state index in [4.69, 9.17) is 61.2 Å². The first-order valence-corrected chi connectivity index (χ1v) is 48.6. The molecule has 26 heteroatoms. The number of allylic oxidation sites excluding steroid dienone is 2. The van der Waals surface area contributed by atoms with Crippen LogP contribution in [0.25, 0.3) is 151 Å². The van der Waals surface area contributed by atoms with E-state index in [1.165, 1.54) is 44.2 Å². The fourth-order valence-electron chi connectivity index (χ4n) is 18.0. The summed E-state index contributed by atoms with van der Waals surface area (Å²) >= 11 is 5.65. The number of nitrogens with one attached hydrogen (secondary N) is 5. The molecule has 0 atom stereocenters. The van der Waals surface area contributed by atoms with E-state index in [0.717, 1.165) is 199 Å². The first-order chi connectivity index (χ1) is 71.9. The lowest BCUT2D eigenvalue weighted by Gasteiger charge is -2.18. The molecule has 22 aromatic rings. The summed E-state index contributed by atoms with van der Waals surface area (Å²) in [7, 11) is 0. The number of Topliss-reactive ketones (excluding diaryl/α,β-unsaturated/α-hetero) is 1. The number of fused-ring (bicyclic) bond motifs is 7. The molecule has 718 valence electrons. The summed E-state index contributed by atoms with van der Waals surface area (Å²) in [6.45, 7) is 15.3. The van der Waals surface area contributed by atoms with Gasteiger partial charge in [0.1, 0.15) is 11.5 Å². The van der Waals surface area contributed by atoms with Crippen LogP contribution >= 0.6 is 12.2 Å². The standard InChI is InChI=1S/C25H19N5S.C23H17N3O3.C21H22N2O2.C18H14N4.C17H12N4.C17H14N2/c1-17-8-7-13-23(27-17)24-21(19-14-15-26-22-12-6-5-11-20(19)22)16-30(29-24)25(31)28-18-9-3-2-4-10-18;1-14(27)15-5-7-16(8-6-15)23-25-21(22(26-23)18-4-2-3-11-24-18)17-9-10-19-20(12-17)29-13-28-19;1-13-6-5-7-16(22-13)20-15(11-19(23-20)21(2,3)4)14-8-9-17-18(10-14)25-12-24-17;1-12-4-2-5-17(21-12)18-13(9-11-20-18)14-7-8-15-16(22-14)6-3-10-19-15;1-2-6-15-13(5-1)12(8-10-19-15)14-11-20-21-17(14)16-7-3-4-9-18-16;1-3-7-16-14(5-1)12(10-18-16)9-13-11-19-17-8-4-2-6-15(13)17/h2-16H,1H3,(H,28,31);2-12H,13H2,1H3,(H,25,26);5-10H,11-12H2,1-4H3;2-10H,11H2,1H3;1-11H,(H,20,21);1-8,10-11,18-19H,9H2. The lowest BCUT2D eigenvalue weighted by Crippen LogP contribution is -2.19. The Morgan fingerprint density at radius 2 is 0.980 bits per heavy atom. The number of H-pyrrole nitrogens is 4. The maximum Gasteiger partial charge on any atom is 0.231 e. The second kappa shape index (κ2) is 42.5. The van der Waals surface area contributed by atoms with Crippen molar-refractivity contribution in [3.05, 3.63) is 434 Å². The molecule has 26 rings (SSSR count). The van der Waals surface area contributed by atoms with Gasteiger partial charge in [0.05, 0.1) is 97.5 Å². The van der Waals surface area contributed by atoms with Gasteiger partial charge in [-0.05, 0) is 237 Å². The molecule has 0 fully saturated rings. The van der Waals surface area contributed by atoms with Gasteiger partial charge in [0, 0.05) is 162 Å². The van der Waals surface area contributed by atoms with Crippen molar-refractivity contribution in [2.75, 3.05) is 25.4 Å². The number of ether oxygens (including phenoxy) is 4. The first-order valence-electron chi connectivity index (χ1n) is 48.2. The molecular formula is C121H98N20O5S. The van der Waals surface area contributed by atoms with Gasteiger partial charge in [-0.15, -0.1) is 0 Å². The Morgan fingerprint density at radius 3 is 1.61 bits per heavy atom. The largest absolute Gasteiger partial charge is 0.454 e. The van der Waals surface area contributed by atoms with Gasteiger partial charge in [-0.1, -0.05) is 179 Å². The van der Waals surface area contributed by atoms with Crippen LogP contribution in [0.3, 0.4) is 0 Å². The normalized spacial score (nSPS) is 12.6. The van der Waals surface area contributed by atoms with E-state index >= 15 is 0 Å². The molecule has 0 unspecified atom stereocenters. The number of aromatic nitrogens is 17. The topological polar surface area (TPSA) is 314 Å². The third-order valence-corrected chi connectivity index (χ3v) is 25.6. The van der Waals surface area contributed by atoms with Crippen LogP contribution in [0.4, 0.5) is 5.69 Å². The number of hydrogen-bond acceptors (Lipinski definition) is 20. The zero-order valence-corrected chi connectivity index (χ0v) is 82.3. The van der Waals surface area contributed by atoms with Crippen LogP contribution in [0.1, 0.15) is 95.3 Å². The molecule has 14 aromatic heterocycles. The quantitative estimate of drug-likeness (QED) is 0.0470. The molecular weight excluding hydrogens is 1850 g/mol. The van der Waals surface area contributed by atoms with E-state index in [-0.39, 0.29) is 24.8 Å². The number of carbonyl (C=O) groups excluding carboxylic acids is 1. The van der Waals surface area contributed by atoms with Gasteiger partial charge in [-0.25, -0.2) is 14.6 Å². The van der Waals surface area contributed by atoms with E-state index in [1.54, 1.807) is 42.3 Å². The maximum atomic E-state index is 11.6. The first kappa shape index (κ1) is 94.4. The van der Waals surface area contributed by atoms with Gasteiger partial charge in [-0.3, -0.25) is 59.7 Å². The second-order valence-corrected chi connectivity index (χ2v) is 36.7. The van der Waals surface area contributed by atoms with Crippen LogP contribution in [0.15, 0.2) is 387 Å². The molecule has 0 spiro atoms. The number of hydrogen-bond donors (Lipinski definition) is 5. The zero-order chi connectivity index (χ0) is 100. The number of para-hydroxylation sites is 5. The summed E-state index contributed by atoms with van der Waals surface area (Å²) in [5, 5.41) is 20.6. The average Bonchev–Trinajstić information content (AvgIpc) is 1.65. The fraction of sp³-hybridized carbons (Fsp3) is 0.107. The van der Waals surface area contributed by atoms with Crippen molar-refractivity contribution in [3.63, 3.8) is 0 Å². The summed E-state index contributed by atoms with van der Waals surface area (Å²) < 4.78 is 23.6. The lowest BCUT2D eigenvalue weighted by molar-refractivity contribution is 0.101. The summed E-state index contributed by atoms with van der Waals surface area (Å²) in [6.07, 6.45) is 20.9. The Morgan fingerprint density at radius 1 is 0.442 bits per heavy atom. The van der Waals surface area contributed by atoms with Crippen molar-refractivity contribution in [2.45, 2.75) is 61.3 Å². The van der Waals surface area contributed by atoms with Crippen LogP contribution in [-0.4, -0.2) is 127 Å². The Balaban J connectivity index is 0.000000104. The van der Waals surface area contributed by atoms with E-state index < -0.39 is 0 Å². The number of aliphatic imine (C=N–C) groups is 2. The minimum Gasteiger partial charge on any atom is -0.454 e. The maximum absolute atomic E-state index is 11.6. The number of ketones is 1. The van der Waals surface area contributed by atoms with Crippen LogP contribution in [0.2, 0.25) is 0 Å². The molecule has 0 saturated heterocycles. The molecule has 18 heterocycles. The Hall–Kier alpha value is -18.8. The number of carbonyl (C=O) groups is 1. The van der Waals surface area contributed by atoms with Crippen LogP contribution in [0.5, 0.6) is 23.0 Å². The van der Waals surface area contributed by atoms with Gasteiger partial charge in [0.15, 0.2) is 33.9 Å². The average molecular weight is 1940 g/mol. The third-order valence-electron chi connectivity index (χ3n) is 25.3. The van der Waals surface area contributed by atoms with Crippen molar-refractivity contribution in [1.82, 2.24) is 84.8 Å². The van der Waals surface area contributed by atoms with E-state index in [9.17, 15) is 4.79 Å². The highest BCUT2D eigenvalue weighted by atomic mass is 32.1. The van der Waals surface area contributed by atoms with Crippen LogP contribution < -0.4 is 24.3 Å². The van der Waals surface area contributed by atoms with Gasteiger partial charge >= 0.3 is 0 Å². The number of aryl methyl sites for hydroxylation is 3. The third kappa shape index (κ3) is 21.1. The number of anilines is 1. The summed E-state index contributed by atoms with van der Waals surface area (Å²) in [4.78, 5) is 76.9. The highest BCUT2D eigenvalue weighted by Gasteiger charge is 2.31. The molecule has 5 N–H and O–H groups in total. The van der Waals surface area contributed by atoms with Crippen molar-refractivity contribution in [3.8, 4) is 102 Å². The molecule has 0 saturated carbocycles. The molecule has 147 heavy (non-hydrogen) atoms. The molecule has 0 amide bonds. The van der Waals surface area contributed by atoms with E-state index in [2.05, 4.69) is 177 Å². The van der Waals surface area contributed by atoms with Gasteiger partial charge in [0.25, 0.3) is 0 Å². The Labute approximate surface area is 852 Å². The van der Waals surface area contributed by atoms with Gasteiger partial charge < -0.3 is 39.2 Å². The van der Waals surface area contributed by atoms with Crippen molar-refractivity contribution in [2.24, 2.45) is 15.4 Å². The number of thiocarbonyl (C=S) groups is 1. The SMILES string of the molecule is CC(=O)c1ccc(-c2nc(-c3ccc4c(c3)OCO4)c(-c3ccccn3)[nH]2)cc1.Cc1cccc(-c2nn(C(=S)Nc3ccccc3)cc2-c2ccnc3ccccc23)n1.Cc1cccc(C2=C(c3ccc4c(c3)OCO4)CC(C(C)(C)C)=N2)n1.Cc1cccc(C2=NCC=C2c2ccc3ncccc3n2)n1.c1ccc(-c2[nH]ncc2-c2ccnc3ccccc23)nc1.c1ccc2c(Cc3c[nH]c4ccccc34)c[nH]c2c1. The number of rotatable bonds is 15.